The predicted octanol–water partition coefficient (Wildman–Crippen LogP) is 2.20. The summed E-state index contributed by atoms with van der Waals surface area (Å²) in [6, 6.07) is 5.35. The third kappa shape index (κ3) is 3.09. The maximum atomic E-state index is 12.5. The molecule has 19 heavy (non-hydrogen) atoms. The molecular formula is C14H20BrN3O. The summed E-state index contributed by atoms with van der Waals surface area (Å²) in [5.41, 5.74) is 7.05. The van der Waals surface area contributed by atoms with E-state index < -0.39 is 0 Å². The molecule has 1 aromatic rings. The van der Waals surface area contributed by atoms with Crippen LogP contribution in [0.2, 0.25) is 0 Å². The van der Waals surface area contributed by atoms with Crippen LogP contribution in [0.3, 0.4) is 0 Å². The smallest absolute Gasteiger partial charge is 0.254 e. The van der Waals surface area contributed by atoms with Gasteiger partial charge in [0.15, 0.2) is 0 Å². The Hall–Kier alpha value is -1.07. The van der Waals surface area contributed by atoms with E-state index in [1.54, 1.807) is 12.1 Å². The van der Waals surface area contributed by atoms with Gasteiger partial charge in [0.2, 0.25) is 0 Å². The van der Waals surface area contributed by atoms with Crippen LogP contribution in [0.5, 0.6) is 0 Å². The Morgan fingerprint density at radius 1 is 1.32 bits per heavy atom. The molecule has 0 radical (unpaired) electrons. The van der Waals surface area contributed by atoms with E-state index in [-0.39, 0.29) is 11.4 Å². The highest BCUT2D eigenvalue weighted by atomic mass is 79.9. The molecule has 1 amide bonds. The van der Waals surface area contributed by atoms with E-state index in [2.05, 4.69) is 41.7 Å². The molecule has 0 bridgehead atoms. The lowest BCUT2D eigenvalue weighted by molar-refractivity contribution is 0.0311. The second-order valence-electron chi connectivity index (χ2n) is 5.73. The number of anilines is 1. The van der Waals surface area contributed by atoms with E-state index in [9.17, 15) is 4.79 Å². The zero-order valence-corrected chi connectivity index (χ0v) is 13.2. The number of halogens is 1. The number of nitrogens with two attached hydrogens (primary N) is 1. The first kappa shape index (κ1) is 14.3. The fourth-order valence-electron chi connectivity index (χ4n) is 2.33. The summed E-state index contributed by atoms with van der Waals surface area (Å²) < 4.78 is 0.837. The van der Waals surface area contributed by atoms with Crippen LogP contribution in [-0.2, 0) is 0 Å². The Morgan fingerprint density at radius 2 is 2.00 bits per heavy atom. The van der Waals surface area contributed by atoms with Crippen molar-refractivity contribution >= 4 is 27.5 Å². The molecule has 1 saturated heterocycles. The molecule has 0 aromatic heterocycles. The molecule has 2 rings (SSSR count). The Morgan fingerprint density at radius 3 is 2.58 bits per heavy atom. The summed E-state index contributed by atoms with van der Waals surface area (Å²) >= 11 is 3.38. The molecule has 1 aliphatic heterocycles. The lowest BCUT2D eigenvalue weighted by atomic mass is 9.99. The van der Waals surface area contributed by atoms with Crippen LogP contribution in [0.1, 0.15) is 24.2 Å². The van der Waals surface area contributed by atoms with Crippen molar-refractivity contribution in [3.8, 4) is 0 Å². The van der Waals surface area contributed by atoms with E-state index in [1.165, 1.54) is 0 Å². The monoisotopic (exact) mass is 325 g/mol. The SMILES string of the molecule is CN1CCN(C(=O)c2cc(N)cc(Br)c2)CC1(C)C. The van der Waals surface area contributed by atoms with Crippen LogP contribution in [0.15, 0.2) is 22.7 Å². The topological polar surface area (TPSA) is 49.6 Å². The van der Waals surface area contributed by atoms with Crippen molar-refractivity contribution in [2.24, 2.45) is 0 Å². The van der Waals surface area contributed by atoms with Gasteiger partial charge in [-0.25, -0.2) is 0 Å². The normalized spacial score (nSPS) is 19.5. The van der Waals surface area contributed by atoms with Gasteiger partial charge in [0.25, 0.3) is 5.91 Å². The molecule has 1 aliphatic rings. The lowest BCUT2D eigenvalue weighted by Crippen LogP contribution is -2.58. The van der Waals surface area contributed by atoms with Crippen LogP contribution in [0.4, 0.5) is 5.69 Å². The molecule has 0 atom stereocenters. The van der Waals surface area contributed by atoms with Gasteiger partial charge in [-0.05, 0) is 39.1 Å². The molecule has 4 nitrogen and oxygen atoms in total. The predicted molar refractivity (Wildman–Crippen MR) is 81.2 cm³/mol. The summed E-state index contributed by atoms with van der Waals surface area (Å²) in [5.74, 6) is 0.0502. The van der Waals surface area contributed by atoms with Crippen LogP contribution in [-0.4, -0.2) is 47.9 Å². The van der Waals surface area contributed by atoms with Crippen molar-refractivity contribution in [1.29, 1.82) is 0 Å². The quantitative estimate of drug-likeness (QED) is 0.805. The first-order chi connectivity index (χ1) is 8.79. The molecule has 0 aliphatic carbocycles. The fraction of sp³-hybridized carbons (Fsp3) is 0.500. The molecule has 1 fully saturated rings. The van der Waals surface area contributed by atoms with Crippen LogP contribution >= 0.6 is 15.9 Å². The molecule has 2 N–H and O–H groups in total. The van der Waals surface area contributed by atoms with E-state index in [1.807, 2.05) is 11.0 Å². The van der Waals surface area contributed by atoms with Gasteiger partial charge in [-0.2, -0.15) is 0 Å². The molecular weight excluding hydrogens is 306 g/mol. The minimum absolute atomic E-state index is 0.00542. The number of amides is 1. The van der Waals surface area contributed by atoms with E-state index in [4.69, 9.17) is 5.73 Å². The zero-order chi connectivity index (χ0) is 14.2. The Kier molecular flexibility index (Phi) is 3.87. The summed E-state index contributed by atoms with van der Waals surface area (Å²) in [5, 5.41) is 0. The fourth-order valence-corrected chi connectivity index (χ4v) is 2.84. The van der Waals surface area contributed by atoms with E-state index in [0.29, 0.717) is 11.3 Å². The van der Waals surface area contributed by atoms with Gasteiger partial charge in [0.1, 0.15) is 0 Å². The Labute approximate surface area is 122 Å². The van der Waals surface area contributed by atoms with Crippen molar-refractivity contribution in [2.45, 2.75) is 19.4 Å². The van der Waals surface area contributed by atoms with Crippen LogP contribution < -0.4 is 5.73 Å². The first-order valence-corrected chi connectivity index (χ1v) is 7.15. The van der Waals surface area contributed by atoms with Gasteiger partial charge < -0.3 is 10.6 Å². The van der Waals surface area contributed by atoms with Crippen molar-refractivity contribution in [1.82, 2.24) is 9.80 Å². The number of carbonyl (C=O) groups excluding carboxylic acids is 1. The van der Waals surface area contributed by atoms with E-state index >= 15 is 0 Å². The third-order valence-electron chi connectivity index (χ3n) is 3.77. The number of carbonyl (C=O) groups is 1. The van der Waals surface area contributed by atoms with Crippen molar-refractivity contribution in [3.05, 3.63) is 28.2 Å². The third-order valence-corrected chi connectivity index (χ3v) is 4.23. The van der Waals surface area contributed by atoms with Gasteiger partial charge in [-0.3, -0.25) is 9.69 Å². The summed E-state index contributed by atoms with van der Waals surface area (Å²) in [4.78, 5) is 16.7. The van der Waals surface area contributed by atoms with Crippen molar-refractivity contribution in [2.75, 3.05) is 32.4 Å². The number of nitrogen functional groups attached to an aromatic ring is 1. The van der Waals surface area contributed by atoms with Crippen molar-refractivity contribution in [3.63, 3.8) is 0 Å². The van der Waals surface area contributed by atoms with Gasteiger partial charge in [0.05, 0.1) is 0 Å². The Balaban J connectivity index is 2.20. The average Bonchev–Trinajstić information content (AvgIpc) is 2.30. The number of nitrogens with zero attached hydrogens (tertiary/aromatic N) is 2. The van der Waals surface area contributed by atoms with Gasteiger partial charge in [-0.15, -0.1) is 0 Å². The number of piperazine rings is 1. The molecule has 1 heterocycles. The Bertz CT molecular complexity index is 481. The first-order valence-electron chi connectivity index (χ1n) is 6.36. The second-order valence-corrected chi connectivity index (χ2v) is 6.65. The highest BCUT2D eigenvalue weighted by Crippen LogP contribution is 2.23. The standard InChI is InChI=1S/C14H20BrN3O/c1-14(2)9-18(5-4-17(14)3)13(19)10-6-11(15)8-12(16)7-10/h6-8H,4-5,9,16H2,1-3H3. The van der Waals surface area contributed by atoms with Crippen LogP contribution in [0.25, 0.3) is 0 Å². The maximum absolute atomic E-state index is 12.5. The number of likely N-dealkylation sites (N-methyl/N-ethyl adjacent to an activating group) is 1. The van der Waals surface area contributed by atoms with Gasteiger partial charge in [0, 0.05) is 40.9 Å². The lowest BCUT2D eigenvalue weighted by Gasteiger charge is -2.45. The highest BCUT2D eigenvalue weighted by molar-refractivity contribution is 9.10. The minimum Gasteiger partial charge on any atom is -0.399 e. The molecule has 0 spiro atoms. The largest absolute Gasteiger partial charge is 0.399 e. The average molecular weight is 326 g/mol. The summed E-state index contributed by atoms with van der Waals surface area (Å²) in [7, 11) is 2.10. The highest BCUT2D eigenvalue weighted by Gasteiger charge is 2.33. The molecule has 0 saturated carbocycles. The number of hydrogen-bond donors (Lipinski definition) is 1. The number of rotatable bonds is 1. The number of benzene rings is 1. The van der Waals surface area contributed by atoms with Gasteiger partial charge in [-0.1, -0.05) is 15.9 Å². The molecule has 1 aromatic carbocycles. The molecule has 104 valence electrons. The van der Waals surface area contributed by atoms with E-state index in [0.717, 1.165) is 24.1 Å². The van der Waals surface area contributed by atoms with Gasteiger partial charge >= 0.3 is 0 Å². The molecule has 0 unspecified atom stereocenters. The summed E-state index contributed by atoms with van der Waals surface area (Å²) in [6.45, 7) is 6.69. The second kappa shape index (κ2) is 5.13. The minimum atomic E-state index is 0.00542. The van der Waals surface area contributed by atoms with Crippen LogP contribution in [0, 0.1) is 0 Å². The summed E-state index contributed by atoms with van der Waals surface area (Å²) in [6.07, 6.45) is 0. The number of hydrogen-bond acceptors (Lipinski definition) is 3. The zero-order valence-electron chi connectivity index (χ0n) is 11.6. The maximum Gasteiger partial charge on any atom is 0.254 e. The molecule has 5 heteroatoms. The van der Waals surface area contributed by atoms with Crippen molar-refractivity contribution < 1.29 is 4.79 Å².